The van der Waals surface area contributed by atoms with Gasteiger partial charge in [0, 0.05) is 0 Å². The van der Waals surface area contributed by atoms with Crippen LogP contribution in [0.25, 0.3) is 0 Å². The molecule has 1 aliphatic rings. The number of fused-ring (bicyclic) bond motifs is 1. The van der Waals surface area contributed by atoms with Crippen LogP contribution in [0.2, 0.25) is 0 Å². The molecular formula is C16H20F2O3. The largest absolute Gasteiger partial charge is 0.461 e. The summed E-state index contributed by atoms with van der Waals surface area (Å²) in [6.07, 6.45) is 0.165. The number of aliphatic hydroxyl groups is 1. The van der Waals surface area contributed by atoms with Crippen molar-refractivity contribution in [3.8, 4) is 0 Å². The first-order valence-corrected chi connectivity index (χ1v) is 7.04. The van der Waals surface area contributed by atoms with Crippen molar-refractivity contribution in [2.75, 3.05) is 6.61 Å². The molecule has 116 valence electrons. The van der Waals surface area contributed by atoms with Crippen molar-refractivity contribution in [2.24, 2.45) is 0 Å². The fourth-order valence-electron chi connectivity index (χ4n) is 2.91. The standard InChI is InChI=1S/C16H20F2O3/c1-4-21-13(19)16(17,18)15(20)10-9-14(2,3)11-7-5-6-8-12(11)15/h5-8,20H,4,9-10H2,1-3H3. The normalized spacial score (nSPS) is 24.3. The molecule has 0 bridgehead atoms. The summed E-state index contributed by atoms with van der Waals surface area (Å²) < 4.78 is 33.4. The lowest BCUT2D eigenvalue weighted by molar-refractivity contribution is -0.222. The summed E-state index contributed by atoms with van der Waals surface area (Å²) in [6.45, 7) is 5.18. The quantitative estimate of drug-likeness (QED) is 0.872. The molecule has 1 unspecified atom stereocenters. The smallest absolute Gasteiger partial charge is 0.380 e. The number of carbonyl (C=O) groups excluding carboxylic acids is 1. The first-order valence-electron chi connectivity index (χ1n) is 7.04. The molecule has 2 rings (SSSR count). The number of alkyl halides is 2. The molecule has 1 aromatic carbocycles. The number of halogens is 2. The van der Waals surface area contributed by atoms with E-state index in [1.54, 1.807) is 18.2 Å². The van der Waals surface area contributed by atoms with Crippen LogP contribution >= 0.6 is 0 Å². The van der Waals surface area contributed by atoms with E-state index in [1.165, 1.54) is 13.0 Å². The van der Waals surface area contributed by atoms with E-state index in [4.69, 9.17) is 0 Å². The third-order valence-electron chi connectivity index (χ3n) is 4.26. The van der Waals surface area contributed by atoms with Crippen LogP contribution in [0.5, 0.6) is 0 Å². The van der Waals surface area contributed by atoms with E-state index in [1.807, 2.05) is 13.8 Å². The number of rotatable bonds is 3. The Balaban J connectivity index is 2.56. The average Bonchev–Trinajstić information content (AvgIpc) is 2.44. The molecule has 0 aliphatic heterocycles. The Morgan fingerprint density at radius 3 is 2.43 bits per heavy atom. The molecule has 0 saturated carbocycles. The third kappa shape index (κ3) is 2.33. The van der Waals surface area contributed by atoms with E-state index < -0.39 is 17.5 Å². The van der Waals surface area contributed by atoms with Gasteiger partial charge < -0.3 is 9.84 Å². The van der Waals surface area contributed by atoms with Crippen molar-refractivity contribution >= 4 is 5.97 Å². The molecule has 3 nitrogen and oxygen atoms in total. The van der Waals surface area contributed by atoms with Crippen LogP contribution in [0.1, 0.15) is 44.7 Å². The van der Waals surface area contributed by atoms with E-state index in [0.717, 1.165) is 0 Å². The van der Waals surface area contributed by atoms with Crippen molar-refractivity contribution in [2.45, 2.75) is 50.6 Å². The molecule has 0 heterocycles. The van der Waals surface area contributed by atoms with Gasteiger partial charge >= 0.3 is 11.9 Å². The maximum absolute atomic E-state index is 14.5. The van der Waals surface area contributed by atoms with Gasteiger partial charge in [-0.2, -0.15) is 8.78 Å². The first kappa shape index (κ1) is 15.9. The fraction of sp³-hybridized carbons (Fsp3) is 0.562. The molecule has 5 heteroatoms. The minimum Gasteiger partial charge on any atom is -0.461 e. The molecule has 0 saturated heterocycles. The molecule has 1 aromatic rings. The lowest BCUT2D eigenvalue weighted by Gasteiger charge is -2.44. The lowest BCUT2D eigenvalue weighted by Crippen LogP contribution is -2.55. The third-order valence-corrected chi connectivity index (χ3v) is 4.26. The Hall–Kier alpha value is -1.49. The highest BCUT2D eigenvalue weighted by molar-refractivity contribution is 5.80. The van der Waals surface area contributed by atoms with Gasteiger partial charge in [-0.1, -0.05) is 38.1 Å². The summed E-state index contributed by atoms with van der Waals surface area (Å²) >= 11 is 0. The van der Waals surface area contributed by atoms with Crippen LogP contribution < -0.4 is 0 Å². The summed E-state index contributed by atoms with van der Waals surface area (Å²) in [4.78, 5) is 11.6. The number of esters is 1. The van der Waals surface area contributed by atoms with Gasteiger partial charge in [0.2, 0.25) is 0 Å². The van der Waals surface area contributed by atoms with Crippen LogP contribution in [0.4, 0.5) is 8.78 Å². The second-order valence-corrected chi connectivity index (χ2v) is 6.08. The van der Waals surface area contributed by atoms with Gasteiger partial charge in [-0.3, -0.25) is 0 Å². The predicted molar refractivity (Wildman–Crippen MR) is 74.2 cm³/mol. The van der Waals surface area contributed by atoms with Gasteiger partial charge in [-0.05, 0) is 36.3 Å². The Labute approximate surface area is 122 Å². The SMILES string of the molecule is CCOC(=O)C(F)(F)C1(O)CCC(C)(C)c2ccccc21. The molecule has 21 heavy (non-hydrogen) atoms. The van der Waals surface area contributed by atoms with Crippen LogP contribution in [-0.2, 0) is 20.5 Å². The van der Waals surface area contributed by atoms with Gasteiger partial charge in [-0.15, -0.1) is 0 Å². The van der Waals surface area contributed by atoms with E-state index in [9.17, 15) is 18.7 Å². The summed E-state index contributed by atoms with van der Waals surface area (Å²) in [5.74, 6) is -5.66. The maximum atomic E-state index is 14.5. The number of hydrogen-bond acceptors (Lipinski definition) is 3. The van der Waals surface area contributed by atoms with Crippen LogP contribution in [0.15, 0.2) is 24.3 Å². The zero-order valence-electron chi connectivity index (χ0n) is 12.5. The molecule has 0 fully saturated rings. The molecule has 1 atom stereocenters. The van der Waals surface area contributed by atoms with Gasteiger partial charge in [0.05, 0.1) is 6.61 Å². The molecule has 0 radical (unpaired) electrons. The van der Waals surface area contributed by atoms with Gasteiger partial charge in [0.25, 0.3) is 0 Å². The Morgan fingerprint density at radius 1 is 1.29 bits per heavy atom. The second-order valence-electron chi connectivity index (χ2n) is 6.08. The molecule has 1 aliphatic carbocycles. The monoisotopic (exact) mass is 298 g/mol. The van der Waals surface area contributed by atoms with Crippen molar-refractivity contribution in [3.63, 3.8) is 0 Å². The van der Waals surface area contributed by atoms with E-state index in [-0.39, 0.29) is 24.0 Å². The van der Waals surface area contributed by atoms with Crippen molar-refractivity contribution < 1.29 is 23.4 Å². The molecule has 0 spiro atoms. The summed E-state index contributed by atoms with van der Waals surface area (Å²) in [7, 11) is 0. The fourth-order valence-corrected chi connectivity index (χ4v) is 2.91. The molecule has 0 aromatic heterocycles. The van der Waals surface area contributed by atoms with E-state index in [0.29, 0.717) is 12.0 Å². The molecular weight excluding hydrogens is 278 g/mol. The summed E-state index contributed by atoms with van der Waals surface area (Å²) in [5.41, 5.74) is -2.10. The highest BCUT2D eigenvalue weighted by Crippen LogP contribution is 2.51. The van der Waals surface area contributed by atoms with E-state index in [2.05, 4.69) is 4.74 Å². The number of ether oxygens (including phenoxy) is 1. The minimum absolute atomic E-state index is 0.110. The van der Waals surface area contributed by atoms with Gasteiger partial charge in [0.15, 0.2) is 5.60 Å². The Kier molecular flexibility index (Phi) is 3.82. The van der Waals surface area contributed by atoms with Crippen LogP contribution in [-0.4, -0.2) is 23.6 Å². The van der Waals surface area contributed by atoms with Gasteiger partial charge in [-0.25, -0.2) is 4.79 Å². The number of benzene rings is 1. The zero-order valence-corrected chi connectivity index (χ0v) is 12.5. The summed E-state index contributed by atoms with van der Waals surface area (Å²) in [5, 5.41) is 10.6. The zero-order chi connectivity index (χ0) is 15.9. The molecule has 1 N–H and O–H groups in total. The number of hydrogen-bond donors (Lipinski definition) is 1. The van der Waals surface area contributed by atoms with Crippen LogP contribution in [0, 0.1) is 0 Å². The highest BCUT2D eigenvalue weighted by Gasteiger charge is 2.63. The maximum Gasteiger partial charge on any atom is 0.380 e. The second kappa shape index (κ2) is 5.05. The topological polar surface area (TPSA) is 46.5 Å². The molecule has 0 amide bonds. The lowest BCUT2D eigenvalue weighted by atomic mass is 9.65. The van der Waals surface area contributed by atoms with Crippen molar-refractivity contribution in [1.82, 2.24) is 0 Å². The van der Waals surface area contributed by atoms with Crippen molar-refractivity contribution in [3.05, 3.63) is 35.4 Å². The van der Waals surface area contributed by atoms with Crippen LogP contribution in [0.3, 0.4) is 0 Å². The Morgan fingerprint density at radius 2 is 1.86 bits per heavy atom. The van der Waals surface area contributed by atoms with E-state index >= 15 is 0 Å². The summed E-state index contributed by atoms with van der Waals surface area (Å²) in [6, 6.07) is 6.52. The average molecular weight is 298 g/mol. The predicted octanol–water partition coefficient (Wildman–Crippen LogP) is 3.14. The van der Waals surface area contributed by atoms with Gasteiger partial charge in [0.1, 0.15) is 0 Å². The highest BCUT2D eigenvalue weighted by atomic mass is 19.3. The first-order chi connectivity index (χ1) is 9.67. The number of carbonyl (C=O) groups is 1. The van der Waals surface area contributed by atoms with Crippen molar-refractivity contribution in [1.29, 1.82) is 0 Å². The minimum atomic E-state index is -3.98. The Bertz CT molecular complexity index is 554.